The second-order valence-electron chi connectivity index (χ2n) is 4.26. The molecule has 0 bridgehead atoms. The van der Waals surface area contributed by atoms with E-state index in [1.165, 1.54) is 5.56 Å². The summed E-state index contributed by atoms with van der Waals surface area (Å²) in [5.41, 5.74) is 3.55. The van der Waals surface area contributed by atoms with Crippen molar-refractivity contribution in [3.63, 3.8) is 0 Å². The van der Waals surface area contributed by atoms with Crippen LogP contribution in [-0.4, -0.2) is 0 Å². The van der Waals surface area contributed by atoms with Crippen LogP contribution < -0.4 is 5.32 Å². The van der Waals surface area contributed by atoms with Crippen LogP contribution in [0.4, 0.5) is 5.69 Å². The van der Waals surface area contributed by atoms with Gasteiger partial charge in [-0.25, -0.2) is 0 Å². The van der Waals surface area contributed by atoms with Crippen molar-refractivity contribution in [2.45, 2.75) is 19.9 Å². The topological polar surface area (TPSA) is 12.0 Å². The first-order chi connectivity index (χ1) is 9.10. The minimum absolute atomic E-state index is 0.586. The molecule has 0 atom stereocenters. The van der Waals surface area contributed by atoms with Gasteiger partial charge in [-0.3, -0.25) is 0 Å². The Kier molecular flexibility index (Phi) is 5.14. The third-order valence-corrected chi connectivity index (χ3v) is 4.15. The van der Waals surface area contributed by atoms with Gasteiger partial charge in [-0.1, -0.05) is 52.1 Å². The van der Waals surface area contributed by atoms with E-state index in [1.807, 2.05) is 24.3 Å². The molecular weight excluding hydrogens is 345 g/mol. The minimum Gasteiger partial charge on any atom is -0.381 e. The van der Waals surface area contributed by atoms with Crippen LogP contribution in [0.2, 0.25) is 10.0 Å². The third kappa shape index (κ3) is 3.88. The van der Waals surface area contributed by atoms with E-state index in [0.717, 1.165) is 28.7 Å². The predicted octanol–water partition coefficient (Wildman–Crippen LogP) is 5.93. The maximum absolute atomic E-state index is 6.01. The standard InChI is InChI=1S/C15H14BrCl2N/c1-2-11-8-12(16)4-6-15(11)19-9-10-3-5-13(17)14(18)7-10/h3-8,19H,2,9H2,1H3. The Morgan fingerprint density at radius 2 is 1.84 bits per heavy atom. The number of halogens is 3. The third-order valence-electron chi connectivity index (χ3n) is 2.92. The number of anilines is 1. The van der Waals surface area contributed by atoms with Crippen LogP contribution in [0, 0.1) is 0 Å². The molecule has 1 N–H and O–H groups in total. The Morgan fingerprint density at radius 1 is 1.05 bits per heavy atom. The average molecular weight is 359 g/mol. The zero-order chi connectivity index (χ0) is 13.8. The molecule has 0 radical (unpaired) electrons. The zero-order valence-corrected chi connectivity index (χ0v) is 13.6. The van der Waals surface area contributed by atoms with Crippen LogP contribution in [0.15, 0.2) is 40.9 Å². The Bertz CT molecular complexity index is 584. The Balaban J connectivity index is 2.12. The molecule has 0 aliphatic carbocycles. The first-order valence-electron chi connectivity index (χ1n) is 6.06. The van der Waals surface area contributed by atoms with Gasteiger partial charge in [0.15, 0.2) is 0 Å². The van der Waals surface area contributed by atoms with Gasteiger partial charge in [-0.15, -0.1) is 0 Å². The molecule has 0 amide bonds. The van der Waals surface area contributed by atoms with Crippen molar-refractivity contribution >= 4 is 44.8 Å². The van der Waals surface area contributed by atoms with E-state index in [0.29, 0.717) is 10.0 Å². The van der Waals surface area contributed by atoms with E-state index in [1.54, 1.807) is 0 Å². The van der Waals surface area contributed by atoms with Gasteiger partial charge in [0.25, 0.3) is 0 Å². The van der Waals surface area contributed by atoms with E-state index in [-0.39, 0.29) is 0 Å². The van der Waals surface area contributed by atoms with E-state index in [4.69, 9.17) is 23.2 Å². The molecule has 0 aromatic heterocycles. The molecule has 2 aromatic rings. The highest BCUT2D eigenvalue weighted by Gasteiger charge is 2.03. The van der Waals surface area contributed by atoms with Crippen LogP contribution in [0.1, 0.15) is 18.1 Å². The monoisotopic (exact) mass is 357 g/mol. The van der Waals surface area contributed by atoms with Crippen molar-refractivity contribution in [3.05, 3.63) is 62.0 Å². The normalized spacial score (nSPS) is 10.5. The van der Waals surface area contributed by atoms with Gasteiger partial charge in [0.2, 0.25) is 0 Å². The number of aryl methyl sites for hydroxylation is 1. The number of nitrogens with one attached hydrogen (secondary N) is 1. The van der Waals surface area contributed by atoms with Gasteiger partial charge in [0.05, 0.1) is 10.0 Å². The molecule has 0 unspecified atom stereocenters. The molecular formula is C15H14BrCl2N. The van der Waals surface area contributed by atoms with Crippen molar-refractivity contribution in [3.8, 4) is 0 Å². The summed E-state index contributed by atoms with van der Waals surface area (Å²) < 4.78 is 1.10. The molecule has 0 aliphatic rings. The smallest absolute Gasteiger partial charge is 0.0595 e. The summed E-state index contributed by atoms with van der Waals surface area (Å²) in [6.07, 6.45) is 0.989. The lowest BCUT2D eigenvalue weighted by atomic mass is 10.1. The summed E-state index contributed by atoms with van der Waals surface area (Å²) in [6, 6.07) is 11.9. The van der Waals surface area contributed by atoms with Crippen LogP contribution in [-0.2, 0) is 13.0 Å². The highest BCUT2D eigenvalue weighted by atomic mass is 79.9. The van der Waals surface area contributed by atoms with Crippen molar-refractivity contribution < 1.29 is 0 Å². The maximum Gasteiger partial charge on any atom is 0.0595 e. The second-order valence-corrected chi connectivity index (χ2v) is 5.99. The second kappa shape index (κ2) is 6.65. The van der Waals surface area contributed by atoms with Gasteiger partial charge in [0.1, 0.15) is 0 Å². The number of hydrogen-bond acceptors (Lipinski definition) is 1. The molecule has 2 rings (SSSR count). The molecule has 0 spiro atoms. The van der Waals surface area contributed by atoms with E-state index < -0.39 is 0 Å². The Hall–Kier alpha value is -0.700. The molecule has 19 heavy (non-hydrogen) atoms. The molecule has 100 valence electrons. The van der Waals surface area contributed by atoms with Crippen molar-refractivity contribution in [2.75, 3.05) is 5.32 Å². The molecule has 1 nitrogen and oxygen atoms in total. The summed E-state index contributed by atoms with van der Waals surface area (Å²) in [4.78, 5) is 0. The van der Waals surface area contributed by atoms with Gasteiger partial charge >= 0.3 is 0 Å². The largest absolute Gasteiger partial charge is 0.381 e. The fraction of sp³-hybridized carbons (Fsp3) is 0.200. The number of hydrogen-bond donors (Lipinski definition) is 1. The molecule has 0 saturated heterocycles. The fourth-order valence-electron chi connectivity index (χ4n) is 1.87. The van der Waals surface area contributed by atoms with Gasteiger partial charge < -0.3 is 5.32 Å². The van der Waals surface area contributed by atoms with Gasteiger partial charge in [-0.05, 0) is 47.9 Å². The van der Waals surface area contributed by atoms with E-state index >= 15 is 0 Å². The molecule has 4 heteroatoms. The lowest BCUT2D eigenvalue weighted by Crippen LogP contribution is -2.02. The van der Waals surface area contributed by atoms with Crippen LogP contribution in [0.5, 0.6) is 0 Å². The summed E-state index contributed by atoms with van der Waals surface area (Å²) in [7, 11) is 0. The SMILES string of the molecule is CCc1cc(Br)ccc1NCc1ccc(Cl)c(Cl)c1. The van der Waals surface area contributed by atoms with Gasteiger partial charge in [0, 0.05) is 16.7 Å². The summed E-state index contributed by atoms with van der Waals surface area (Å²) in [6.45, 7) is 2.87. The van der Waals surface area contributed by atoms with Gasteiger partial charge in [-0.2, -0.15) is 0 Å². The van der Waals surface area contributed by atoms with Crippen molar-refractivity contribution in [2.24, 2.45) is 0 Å². The summed E-state index contributed by atoms with van der Waals surface area (Å²) in [5, 5.41) is 4.61. The summed E-state index contributed by atoms with van der Waals surface area (Å²) >= 11 is 15.4. The van der Waals surface area contributed by atoms with Crippen LogP contribution in [0.25, 0.3) is 0 Å². The van der Waals surface area contributed by atoms with Crippen molar-refractivity contribution in [1.29, 1.82) is 0 Å². The molecule has 0 heterocycles. The predicted molar refractivity (Wildman–Crippen MR) is 87.3 cm³/mol. The lowest BCUT2D eigenvalue weighted by molar-refractivity contribution is 1.09. The lowest BCUT2D eigenvalue weighted by Gasteiger charge is -2.12. The van der Waals surface area contributed by atoms with Crippen molar-refractivity contribution in [1.82, 2.24) is 0 Å². The molecule has 0 fully saturated rings. The number of benzene rings is 2. The fourth-order valence-corrected chi connectivity index (χ4v) is 2.60. The Morgan fingerprint density at radius 3 is 2.53 bits per heavy atom. The minimum atomic E-state index is 0.586. The first kappa shape index (κ1) is 14.7. The molecule has 0 aliphatic heterocycles. The zero-order valence-electron chi connectivity index (χ0n) is 10.5. The van der Waals surface area contributed by atoms with E-state index in [9.17, 15) is 0 Å². The van der Waals surface area contributed by atoms with Crippen LogP contribution >= 0.6 is 39.1 Å². The Labute approximate surface area is 132 Å². The summed E-state index contributed by atoms with van der Waals surface area (Å²) in [5.74, 6) is 0. The number of rotatable bonds is 4. The average Bonchev–Trinajstić information content (AvgIpc) is 2.41. The first-order valence-corrected chi connectivity index (χ1v) is 7.61. The van der Waals surface area contributed by atoms with E-state index in [2.05, 4.69) is 40.3 Å². The quantitative estimate of drug-likeness (QED) is 0.714. The molecule has 0 saturated carbocycles. The van der Waals surface area contributed by atoms with Crippen LogP contribution in [0.3, 0.4) is 0 Å². The molecule has 2 aromatic carbocycles. The maximum atomic E-state index is 6.01. The highest BCUT2D eigenvalue weighted by molar-refractivity contribution is 9.10. The highest BCUT2D eigenvalue weighted by Crippen LogP contribution is 2.25.